The van der Waals surface area contributed by atoms with E-state index in [1.165, 1.54) is 29.3 Å². The second-order valence-corrected chi connectivity index (χ2v) is 7.10. The van der Waals surface area contributed by atoms with Crippen molar-refractivity contribution in [3.8, 4) is 0 Å². The van der Waals surface area contributed by atoms with Gasteiger partial charge in [-0.15, -0.1) is 0 Å². The van der Waals surface area contributed by atoms with Crippen molar-refractivity contribution in [1.82, 2.24) is 9.88 Å². The highest BCUT2D eigenvalue weighted by atomic mass is 35.5. The van der Waals surface area contributed by atoms with Gasteiger partial charge in [0.25, 0.3) is 0 Å². The van der Waals surface area contributed by atoms with Crippen LogP contribution in [-0.4, -0.2) is 27.6 Å². The van der Waals surface area contributed by atoms with Gasteiger partial charge in [-0.25, -0.2) is 9.78 Å². The third kappa shape index (κ3) is 5.96. The molecule has 0 aliphatic carbocycles. The third-order valence-electron chi connectivity index (χ3n) is 4.52. The molecule has 5 nitrogen and oxygen atoms in total. The Hall–Kier alpha value is -3.10. The zero-order chi connectivity index (χ0) is 22.4. The Balaban J connectivity index is 1.86. The lowest BCUT2D eigenvalue weighted by molar-refractivity contribution is -0.139. The Morgan fingerprint density at radius 1 is 1.06 bits per heavy atom. The summed E-state index contributed by atoms with van der Waals surface area (Å²) >= 11 is 5.99. The highest BCUT2D eigenvalue weighted by molar-refractivity contribution is 6.32. The van der Waals surface area contributed by atoms with Crippen molar-refractivity contribution in [1.29, 1.82) is 0 Å². The molecule has 0 radical (unpaired) electrons. The molecule has 0 fully saturated rings. The zero-order valence-electron chi connectivity index (χ0n) is 16.2. The third-order valence-corrected chi connectivity index (χ3v) is 4.82. The normalized spacial score (nSPS) is 12.3. The average molecular weight is 450 g/mol. The number of hydrogen-bond acceptors (Lipinski definition) is 3. The standard InChI is InChI=1S/C22H19ClF3N3O2/c23-20-18(11-6-12-27-20)28-21(31)29(13-15-7-2-1-3-8-15)14-19(30)16-9-4-5-10-17(16)22(24,25)26/h1-12,19,30H,13-14H2,(H,28,31)/t19-/m0/s1. The number of rotatable bonds is 6. The van der Waals surface area contributed by atoms with E-state index in [0.29, 0.717) is 0 Å². The molecule has 9 heteroatoms. The monoisotopic (exact) mass is 449 g/mol. The summed E-state index contributed by atoms with van der Waals surface area (Å²) in [5.74, 6) is 0. The van der Waals surface area contributed by atoms with Crippen molar-refractivity contribution in [2.24, 2.45) is 0 Å². The number of alkyl halides is 3. The number of benzene rings is 2. The summed E-state index contributed by atoms with van der Waals surface area (Å²) < 4.78 is 40.1. The lowest BCUT2D eigenvalue weighted by Gasteiger charge is -2.27. The van der Waals surface area contributed by atoms with E-state index in [-0.39, 0.29) is 29.5 Å². The molecular weight excluding hydrogens is 431 g/mol. The first-order valence-corrected chi connectivity index (χ1v) is 9.68. The second kappa shape index (κ2) is 9.80. The Morgan fingerprint density at radius 3 is 2.42 bits per heavy atom. The number of carbonyl (C=O) groups is 1. The maximum absolute atomic E-state index is 13.4. The summed E-state index contributed by atoms with van der Waals surface area (Å²) in [6, 6.07) is 16.1. The summed E-state index contributed by atoms with van der Waals surface area (Å²) in [6.07, 6.45) is -4.73. The van der Waals surface area contributed by atoms with Crippen molar-refractivity contribution in [3.63, 3.8) is 0 Å². The van der Waals surface area contributed by atoms with Gasteiger partial charge in [0.1, 0.15) is 0 Å². The minimum absolute atomic E-state index is 0.0653. The summed E-state index contributed by atoms with van der Waals surface area (Å²) in [5, 5.41) is 13.3. The van der Waals surface area contributed by atoms with Gasteiger partial charge in [-0.1, -0.05) is 60.1 Å². The minimum atomic E-state index is -4.63. The zero-order valence-corrected chi connectivity index (χ0v) is 16.9. The van der Waals surface area contributed by atoms with Crippen LogP contribution in [0.4, 0.5) is 23.7 Å². The molecule has 0 saturated heterocycles. The molecule has 0 spiro atoms. The van der Waals surface area contributed by atoms with Crippen molar-refractivity contribution < 1.29 is 23.1 Å². The lowest BCUT2D eigenvalue weighted by Crippen LogP contribution is -2.38. The first-order chi connectivity index (χ1) is 14.8. The van der Waals surface area contributed by atoms with Crippen LogP contribution in [0.15, 0.2) is 72.9 Å². The van der Waals surface area contributed by atoms with E-state index in [0.717, 1.165) is 11.6 Å². The van der Waals surface area contributed by atoms with Crippen molar-refractivity contribution in [2.75, 3.05) is 11.9 Å². The van der Waals surface area contributed by atoms with Crippen LogP contribution in [0, 0.1) is 0 Å². The first-order valence-electron chi connectivity index (χ1n) is 9.30. The van der Waals surface area contributed by atoms with E-state index in [9.17, 15) is 23.1 Å². The molecule has 0 unspecified atom stereocenters. The predicted molar refractivity (Wildman–Crippen MR) is 112 cm³/mol. The van der Waals surface area contributed by atoms with Crippen LogP contribution in [0.3, 0.4) is 0 Å². The van der Waals surface area contributed by atoms with E-state index in [2.05, 4.69) is 10.3 Å². The van der Waals surface area contributed by atoms with Crippen molar-refractivity contribution in [2.45, 2.75) is 18.8 Å². The van der Waals surface area contributed by atoms with Crippen molar-refractivity contribution in [3.05, 3.63) is 94.8 Å². The Labute approximate surface area is 182 Å². The van der Waals surface area contributed by atoms with Gasteiger partial charge in [-0.3, -0.25) is 0 Å². The first kappa shape index (κ1) is 22.6. The molecule has 31 heavy (non-hydrogen) atoms. The number of halogens is 4. The maximum atomic E-state index is 13.4. The van der Waals surface area contributed by atoms with Crippen LogP contribution in [0.1, 0.15) is 22.8 Å². The van der Waals surface area contributed by atoms with Crippen LogP contribution >= 0.6 is 11.6 Å². The van der Waals surface area contributed by atoms with Crippen LogP contribution in [0.5, 0.6) is 0 Å². The summed E-state index contributed by atoms with van der Waals surface area (Å²) in [7, 11) is 0. The molecule has 2 N–H and O–H groups in total. The molecule has 2 aromatic carbocycles. The fourth-order valence-electron chi connectivity index (χ4n) is 3.05. The van der Waals surface area contributed by atoms with Crippen LogP contribution in [0.2, 0.25) is 5.15 Å². The van der Waals surface area contributed by atoms with Gasteiger partial charge in [0.15, 0.2) is 5.15 Å². The lowest BCUT2D eigenvalue weighted by atomic mass is 10.0. The highest BCUT2D eigenvalue weighted by Crippen LogP contribution is 2.35. The van der Waals surface area contributed by atoms with Gasteiger partial charge in [0.05, 0.1) is 23.9 Å². The number of pyridine rings is 1. The fourth-order valence-corrected chi connectivity index (χ4v) is 3.22. The number of carbonyl (C=O) groups excluding carboxylic acids is 1. The summed E-state index contributed by atoms with van der Waals surface area (Å²) in [4.78, 5) is 18.0. The van der Waals surface area contributed by atoms with E-state index in [4.69, 9.17) is 11.6 Å². The van der Waals surface area contributed by atoms with Gasteiger partial charge in [-0.05, 0) is 29.3 Å². The molecule has 1 heterocycles. The quantitative estimate of drug-likeness (QED) is 0.487. The number of urea groups is 1. The van der Waals surface area contributed by atoms with Gasteiger partial charge >= 0.3 is 12.2 Å². The SMILES string of the molecule is O=C(Nc1cccnc1Cl)N(Cc1ccccc1)C[C@H](O)c1ccccc1C(F)(F)F. The fraction of sp³-hybridized carbons (Fsp3) is 0.182. The number of amides is 2. The second-order valence-electron chi connectivity index (χ2n) is 6.74. The van der Waals surface area contributed by atoms with Crippen LogP contribution in [-0.2, 0) is 12.7 Å². The molecule has 0 aliphatic heterocycles. The number of nitrogens with one attached hydrogen (secondary N) is 1. The number of anilines is 1. The minimum Gasteiger partial charge on any atom is -0.387 e. The van der Waals surface area contributed by atoms with Gasteiger partial charge in [0.2, 0.25) is 0 Å². The topological polar surface area (TPSA) is 65.5 Å². The molecule has 0 bridgehead atoms. The van der Waals surface area contributed by atoms with Crippen molar-refractivity contribution >= 4 is 23.3 Å². The number of aromatic nitrogens is 1. The molecule has 0 aliphatic rings. The number of aliphatic hydroxyl groups excluding tert-OH is 1. The Kier molecular flexibility index (Phi) is 7.14. The van der Waals surface area contributed by atoms with Crippen LogP contribution < -0.4 is 5.32 Å². The van der Waals surface area contributed by atoms with Gasteiger partial charge in [0, 0.05) is 12.7 Å². The number of nitrogens with zero attached hydrogens (tertiary/aromatic N) is 2. The molecule has 3 rings (SSSR count). The van der Waals surface area contributed by atoms with E-state index in [1.54, 1.807) is 42.5 Å². The molecular formula is C22H19ClF3N3O2. The summed E-state index contributed by atoms with van der Waals surface area (Å²) in [6.45, 7) is -0.304. The summed E-state index contributed by atoms with van der Waals surface area (Å²) in [5.41, 5.74) is -0.262. The highest BCUT2D eigenvalue weighted by Gasteiger charge is 2.35. The van der Waals surface area contributed by atoms with Gasteiger partial charge < -0.3 is 15.3 Å². The Bertz CT molecular complexity index is 1030. The largest absolute Gasteiger partial charge is 0.416 e. The maximum Gasteiger partial charge on any atom is 0.416 e. The van der Waals surface area contributed by atoms with Crippen LogP contribution in [0.25, 0.3) is 0 Å². The molecule has 3 aromatic rings. The number of hydrogen-bond donors (Lipinski definition) is 2. The smallest absolute Gasteiger partial charge is 0.387 e. The molecule has 162 valence electrons. The molecule has 0 saturated carbocycles. The predicted octanol–water partition coefficient (Wildman–Crippen LogP) is 5.52. The number of aliphatic hydroxyl groups is 1. The Morgan fingerprint density at radius 2 is 1.74 bits per heavy atom. The van der Waals surface area contributed by atoms with E-state index < -0.39 is 23.9 Å². The molecule has 2 amide bonds. The molecule has 1 aromatic heterocycles. The van der Waals surface area contributed by atoms with E-state index in [1.807, 2.05) is 0 Å². The van der Waals surface area contributed by atoms with Gasteiger partial charge in [-0.2, -0.15) is 13.2 Å². The average Bonchev–Trinajstić information content (AvgIpc) is 2.75. The molecule has 1 atom stereocenters. The van der Waals surface area contributed by atoms with E-state index >= 15 is 0 Å².